The van der Waals surface area contributed by atoms with Gasteiger partial charge in [-0.1, -0.05) is 34.8 Å². The lowest BCUT2D eigenvalue weighted by Crippen LogP contribution is -2.44. The van der Waals surface area contributed by atoms with Crippen LogP contribution in [-0.2, 0) is 15.9 Å². The minimum atomic E-state index is -0.855. The molecule has 12 heteroatoms. The zero-order valence-electron chi connectivity index (χ0n) is 24.7. The number of fused-ring (bicyclic) bond motifs is 3. The number of aliphatic imine (C=N–C) groups is 1. The number of anilines is 2. The Kier molecular flexibility index (Phi) is 9.69. The Morgan fingerprint density at radius 3 is 2.21 bits per heavy atom. The van der Waals surface area contributed by atoms with E-state index in [1.165, 1.54) is 0 Å². The van der Waals surface area contributed by atoms with E-state index in [0.29, 0.717) is 33.7 Å². The van der Waals surface area contributed by atoms with E-state index in [-0.39, 0.29) is 5.96 Å². The first kappa shape index (κ1) is 32.3. The van der Waals surface area contributed by atoms with Gasteiger partial charge in [0.05, 0.1) is 10.7 Å². The van der Waals surface area contributed by atoms with Gasteiger partial charge in [-0.3, -0.25) is 5.32 Å². The Bertz CT molecular complexity index is 1700. The molecule has 1 aromatic heterocycles. The molecule has 0 aliphatic carbocycles. The second-order valence-corrected chi connectivity index (χ2v) is 13.1. The van der Waals surface area contributed by atoms with Gasteiger partial charge in [-0.05, 0) is 102 Å². The zero-order chi connectivity index (χ0) is 31.5. The van der Waals surface area contributed by atoms with Gasteiger partial charge in [-0.15, -0.1) is 4.99 Å². The Hall–Kier alpha value is -3.66. The van der Waals surface area contributed by atoms with Crippen LogP contribution in [0.15, 0.2) is 53.5 Å². The first-order valence-corrected chi connectivity index (χ1v) is 14.7. The second kappa shape index (κ2) is 12.9. The van der Waals surface area contributed by atoms with Gasteiger partial charge in [-0.2, -0.15) is 0 Å². The highest BCUT2D eigenvalue weighted by molar-refractivity contribution is 6.36. The van der Waals surface area contributed by atoms with Crippen LogP contribution in [-0.4, -0.2) is 40.9 Å². The summed E-state index contributed by atoms with van der Waals surface area (Å²) in [4.78, 5) is 32.4. The van der Waals surface area contributed by atoms with Crippen molar-refractivity contribution in [2.45, 2.75) is 59.2 Å². The summed E-state index contributed by atoms with van der Waals surface area (Å²) in [6.45, 7) is 10.7. The van der Waals surface area contributed by atoms with Crippen LogP contribution in [0.3, 0.4) is 0 Å². The van der Waals surface area contributed by atoms with Crippen molar-refractivity contribution in [1.82, 2.24) is 15.6 Å². The summed E-state index contributed by atoms with van der Waals surface area (Å²) in [5.74, 6) is -0.0922. The molecule has 0 saturated carbocycles. The van der Waals surface area contributed by atoms with Crippen LogP contribution in [0, 0.1) is 0 Å². The average Bonchev–Trinajstić information content (AvgIpc) is 3.21. The summed E-state index contributed by atoms with van der Waals surface area (Å²) < 4.78 is 10.6. The van der Waals surface area contributed by atoms with Crippen molar-refractivity contribution < 1.29 is 19.1 Å². The van der Waals surface area contributed by atoms with Gasteiger partial charge in [0.1, 0.15) is 11.2 Å². The number of nitrogens with zero attached hydrogens (tertiary/aromatic N) is 1. The Morgan fingerprint density at radius 1 is 0.860 bits per heavy atom. The molecule has 0 spiro atoms. The molecule has 4 rings (SSSR count). The average molecular weight is 647 g/mol. The third-order valence-corrected chi connectivity index (χ3v) is 6.65. The molecule has 0 unspecified atom stereocenters. The fraction of sp³-hybridized carbons (Fsp3) is 0.323. The summed E-state index contributed by atoms with van der Waals surface area (Å²) in [5, 5.41) is 12.5. The summed E-state index contributed by atoms with van der Waals surface area (Å²) in [7, 11) is 0. The number of H-pyrrole nitrogens is 1. The smallest absolute Gasteiger partial charge is 0.437 e. The van der Waals surface area contributed by atoms with E-state index in [1.807, 2.05) is 36.4 Å². The molecule has 4 aromatic rings. The molecule has 228 valence electrons. The lowest BCUT2D eigenvalue weighted by molar-refractivity contribution is 0.0560. The number of nitrogens with one attached hydrogen (secondary N) is 4. The van der Waals surface area contributed by atoms with Gasteiger partial charge < -0.3 is 25.1 Å². The molecule has 1 heterocycles. The quantitative estimate of drug-likeness (QED) is 0.127. The molecule has 0 atom stereocenters. The van der Waals surface area contributed by atoms with Crippen molar-refractivity contribution in [2.24, 2.45) is 4.99 Å². The Labute approximate surface area is 265 Å². The molecule has 0 aliphatic rings. The van der Waals surface area contributed by atoms with Gasteiger partial charge in [-0.25, -0.2) is 9.59 Å². The summed E-state index contributed by atoms with van der Waals surface area (Å²) in [5.41, 5.74) is 2.77. The first-order valence-electron chi connectivity index (χ1n) is 13.6. The predicted molar refractivity (Wildman–Crippen MR) is 175 cm³/mol. The Morgan fingerprint density at radius 2 is 1.53 bits per heavy atom. The number of hydrogen-bond donors (Lipinski definition) is 4. The van der Waals surface area contributed by atoms with Gasteiger partial charge in [0.25, 0.3) is 0 Å². The van der Waals surface area contributed by atoms with E-state index in [1.54, 1.807) is 53.7 Å². The molecule has 43 heavy (non-hydrogen) atoms. The minimum absolute atomic E-state index is 0.0922. The van der Waals surface area contributed by atoms with Crippen LogP contribution < -0.4 is 16.0 Å². The summed E-state index contributed by atoms with van der Waals surface area (Å²) in [6.07, 6.45) is -1.14. The standard InChI is InChI=1S/C31H34Cl3N5O4/c1-30(2,3)42-28(40)38-27(39-29(41)43-31(4,5)6)35-12-11-17-13-20(36-25-10-8-19(33)15-23(25)34)16-22-21-14-18(32)7-9-24(21)37-26(17)22/h7-10,13-16,36-37H,11-12H2,1-6H3,(H2,35,38,39,40,41). The predicted octanol–water partition coefficient (Wildman–Crippen LogP) is 8.97. The minimum Gasteiger partial charge on any atom is -0.444 e. The molecule has 0 saturated heterocycles. The normalized spacial score (nSPS) is 12.3. The molecule has 2 amide bonds. The van der Waals surface area contributed by atoms with Gasteiger partial charge in [0.2, 0.25) is 5.96 Å². The van der Waals surface area contributed by atoms with Gasteiger partial charge in [0, 0.05) is 44.1 Å². The number of alkyl carbamates (subject to hydrolysis) is 1. The first-order chi connectivity index (χ1) is 20.1. The van der Waals surface area contributed by atoms with Crippen molar-refractivity contribution in [2.75, 3.05) is 11.9 Å². The van der Waals surface area contributed by atoms with Crippen molar-refractivity contribution >= 4 is 86.1 Å². The van der Waals surface area contributed by atoms with Crippen LogP contribution in [0.2, 0.25) is 15.1 Å². The number of aromatic nitrogens is 1. The second-order valence-electron chi connectivity index (χ2n) is 11.9. The van der Waals surface area contributed by atoms with E-state index in [2.05, 4.69) is 25.9 Å². The van der Waals surface area contributed by atoms with Crippen molar-refractivity contribution in [3.63, 3.8) is 0 Å². The van der Waals surface area contributed by atoms with E-state index in [4.69, 9.17) is 44.3 Å². The highest BCUT2D eigenvalue weighted by atomic mass is 35.5. The highest BCUT2D eigenvalue weighted by Gasteiger charge is 2.20. The molecule has 0 aliphatic heterocycles. The van der Waals surface area contributed by atoms with E-state index in [9.17, 15) is 9.59 Å². The topological polar surface area (TPSA) is 117 Å². The number of carbonyl (C=O) groups excluding carboxylic acids is 2. The number of aromatic amines is 1. The maximum Gasteiger partial charge on any atom is 0.437 e. The summed E-state index contributed by atoms with van der Waals surface area (Å²) in [6, 6.07) is 14.9. The lowest BCUT2D eigenvalue weighted by Gasteiger charge is -2.21. The number of ether oxygens (including phenoxy) is 2. The van der Waals surface area contributed by atoms with E-state index in [0.717, 1.165) is 33.1 Å². The lowest BCUT2D eigenvalue weighted by atomic mass is 10.0. The van der Waals surface area contributed by atoms with Crippen molar-refractivity contribution in [3.05, 3.63) is 69.2 Å². The van der Waals surface area contributed by atoms with Crippen LogP contribution >= 0.6 is 34.8 Å². The van der Waals surface area contributed by atoms with Crippen molar-refractivity contribution in [3.8, 4) is 0 Å². The molecule has 4 N–H and O–H groups in total. The molecule has 9 nitrogen and oxygen atoms in total. The van der Waals surface area contributed by atoms with Crippen LogP contribution in [0.25, 0.3) is 21.8 Å². The molecule has 3 aromatic carbocycles. The van der Waals surface area contributed by atoms with Crippen LogP contribution in [0.1, 0.15) is 47.1 Å². The highest BCUT2D eigenvalue weighted by Crippen LogP contribution is 2.35. The number of carbonyl (C=O) groups is 2. The van der Waals surface area contributed by atoms with Crippen molar-refractivity contribution in [1.29, 1.82) is 0 Å². The molecule has 0 bridgehead atoms. The maximum atomic E-state index is 12.5. The monoisotopic (exact) mass is 645 g/mol. The van der Waals surface area contributed by atoms with Crippen LogP contribution in [0.5, 0.6) is 0 Å². The number of hydrogen-bond acceptors (Lipinski definition) is 5. The van der Waals surface area contributed by atoms with Gasteiger partial charge in [0.15, 0.2) is 0 Å². The fourth-order valence-electron chi connectivity index (χ4n) is 4.26. The van der Waals surface area contributed by atoms with E-state index < -0.39 is 23.4 Å². The Balaban J connectivity index is 1.64. The number of amides is 2. The number of guanidine groups is 1. The number of halogens is 3. The molecular weight excluding hydrogens is 613 g/mol. The third-order valence-electron chi connectivity index (χ3n) is 5.86. The fourth-order valence-corrected chi connectivity index (χ4v) is 4.89. The van der Waals surface area contributed by atoms with E-state index >= 15 is 0 Å². The number of rotatable bonds is 5. The maximum absolute atomic E-state index is 12.5. The van der Waals surface area contributed by atoms with Gasteiger partial charge >= 0.3 is 12.2 Å². The zero-order valence-corrected chi connectivity index (χ0v) is 27.0. The largest absolute Gasteiger partial charge is 0.444 e. The third kappa shape index (κ3) is 9.16. The molecule has 0 radical (unpaired) electrons. The SMILES string of the molecule is CC(C)(C)OC(=O)/N=C(\NCCc1cc(Nc2ccc(Cl)cc2Cl)cc2c1[nH]c1ccc(Cl)cc12)NC(=O)OC(C)(C)C. The number of benzene rings is 3. The molecular formula is C31H34Cl3N5O4. The summed E-state index contributed by atoms with van der Waals surface area (Å²) >= 11 is 18.9. The molecule has 0 fully saturated rings. The van der Waals surface area contributed by atoms with Crippen LogP contribution in [0.4, 0.5) is 21.0 Å².